The molecule has 0 saturated carbocycles. The first kappa shape index (κ1) is 14.3. The Labute approximate surface area is 111 Å². The first-order valence-corrected chi connectivity index (χ1v) is 6.62. The van der Waals surface area contributed by atoms with Crippen molar-refractivity contribution in [1.29, 1.82) is 0 Å². The van der Waals surface area contributed by atoms with Gasteiger partial charge in [0.2, 0.25) is 0 Å². The number of allylic oxidation sites excluding steroid dienone is 4. The SMILES string of the molecule is CC.Cc1ccc(C#CC2(C)C=CC=CC2)cc1. The molecule has 1 atom stereocenters. The van der Waals surface area contributed by atoms with E-state index in [1.165, 1.54) is 5.56 Å². The zero-order valence-corrected chi connectivity index (χ0v) is 11.8. The molecule has 0 heteroatoms. The number of rotatable bonds is 0. The van der Waals surface area contributed by atoms with Crippen molar-refractivity contribution >= 4 is 0 Å². The fraction of sp³-hybridized carbons (Fsp3) is 0.333. The minimum Gasteiger partial charge on any atom is -0.0869 e. The van der Waals surface area contributed by atoms with Gasteiger partial charge in [-0.05, 0) is 32.4 Å². The van der Waals surface area contributed by atoms with Crippen LogP contribution in [0.5, 0.6) is 0 Å². The lowest BCUT2D eigenvalue weighted by atomic mass is 9.84. The third-order valence-electron chi connectivity index (χ3n) is 2.80. The summed E-state index contributed by atoms with van der Waals surface area (Å²) in [5.41, 5.74) is 2.37. The van der Waals surface area contributed by atoms with Gasteiger partial charge in [0.25, 0.3) is 0 Å². The maximum atomic E-state index is 3.35. The predicted molar refractivity (Wildman–Crippen MR) is 80.4 cm³/mol. The van der Waals surface area contributed by atoms with Crippen LogP contribution in [0.15, 0.2) is 48.6 Å². The van der Waals surface area contributed by atoms with Gasteiger partial charge in [0, 0.05) is 5.56 Å². The maximum Gasteiger partial charge on any atom is 0.0506 e. The van der Waals surface area contributed by atoms with Gasteiger partial charge in [-0.25, -0.2) is 0 Å². The van der Waals surface area contributed by atoms with Crippen LogP contribution in [0.3, 0.4) is 0 Å². The second-order valence-electron chi connectivity index (χ2n) is 4.52. The summed E-state index contributed by atoms with van der Waals surface area (Å²) in [6.45, 7) is 8.27. The molecule has 0 heterocycles. The quantitative estimate of drug-likeness (QED) is 0.564. The molecule has 0 bridgehead atoms. The summed E-state index contributed by atoms with van der Waals surface area (Å²) in [7, 11) is 0. The first-order chi connectivity index (χ1) is 8.68. The van der Waals surface area contributed by atoms with Crippen molar-refractivity contribution in [3.8, 4) is 11.8 Å². The van der Waals surface area contributed by atoms with Crippen molar-refractivity contribution in [2.75, 3.05) is 0 Å². The van der Waals surface area contributed by atoms with Gasteiger partial charge >= 0.3 is 0 Å². The Hall–Kier alpha value is -1.74. The molecule has 0 amide bonds. The Kier molecular flexibility index (Phi) is 5.46. The largest absolute Gasteiger partial charge is 0.0869 e. The van der Waals surface area contributed by atoms with E-state index < -0.39 is 0 Å². The molecule has 0 radical (unpaired) electrons. The van der Waals surface area contributed by atoms with E-state index in [2.05, 4.69) is 74.3 Å². The molecule has 94 valence electrons. The molecule has 1 aliphatic carbocycles. The van der Waals surface area contributed by atoms with E-state index in [4.69, 9.17) is 0 Å². The summed E-state index contributed by atoms with van der Waals surface area (Å²) >= 11 is 0. The van der Waals surface area contributed by atoms with Gasteiger partial charge in [-0.2, -0.15) is 0 Å². The number of hydrogen-bond acceptors (Lipinski definition) is 0. The second-order valence-corrected chi connectivity index (χ2v) is 4.52. The van der Waals surface area contributed by atoms with Gasteiger partial charge in [-0.1, -0.05) is 67.7 Å². The van der Waals surface area contributed by atoms with E-state index in [1.54, 1.807) is 0 Å². The monoisotopic (exact) mass is 238 g/mol. The zero-order chi connectivity index (χ0) is 13.4. The van der Waals surface area contributed by atoms with Crippen LogP contribution in [0.1, 0.15) is 38.3 Å². The van der Waals surface area contributed by atoms with E-state index in [0.29, 0.717) is 0 Å². The molecule has 0 saturated heterocycles. The molecule has 1 aromatic carbocycles. The average molecular weight is 238 g/mol. The molecule has 0 spiro atoms. The Morgan fingerprint density at radius 1 is 1.06 bits per heavy atom. The maximum absolute atomic E-state index is 3.35. The third kappa shape index (κ3) is 4.26. The van der Waals surface area contributed by atoms with Gasteiger partial charge in [-0.15, -0.1) is 0 Å². The van der Waals surface area contributed by atoms with Crippen molar-refractivity contribution < 1.29 is 0 Å². The van der Waals surface area contributed by atoms with Crippen LogP contribution in [-0.4, -0.2) is 0 Å². The Morgan fingerprint density at radius 2 is 1.72 bits per heavy atom. The summed E-state index contributed by atoms with van der Waals surface area (Å²) in [5, 5.41) is 0. The number of hydrogen-bond donors (Lipinski definition) is 0. The normalized spacial score (nSPS) is 20.4. The highest BCUT2D eigenvalue weighted by atomic mass is 14.2. The molecule has 1 aliphatic rings. The van der Waals surface area contributed by atoms with Gasteiger partial charge in [0.1, 0.15) is 0 Å². The highest BCUT2D eigenvalue weighted by Gasteiger charge is 2.16. The fourth-order valence-corrected chi connectivity index (χ4v) is 1.67. The van der Waals surface area contributed by atoms with Gasteiger partial charge in [-0.3, -0.25) is 0 Å². The Bertz CT molecular complexity index is 477. The lowest BCUT2D eigenvalue weighted by Gasteiger charge is -2.18. The molecule has 0 N–H and O–H groups in total. The predicted octanol–water partition coefficient (Wildman–Crippen LogP) is 4.90. The third-order valence-corrected chi connectivity index (χ3v) is 2.80. The molecule has 2 rings (SSSR count). The molecule has 0 aliphatic heterocycles. The summed E-state index contributed by atoms with van der Waals surface area (Å²) in [6.07, 6.45) is 9.50. The Balaban J connectivity index is 0.000000771. The summed E-state index contributed by atoms with van der Waals surface area (Å²) in [5.74, 6) is 6.59. The van der Waals surface area contributed by atoms with Crippen LogP contribution < -0.4 is 0 Å². The molecule has 0 aromatic heterocycles. The molecule has 0 nitrogen and oxygen atoms in total. The van der Waals surface area contributed by atoms with Crippen LogP contribution in [0, 0.1) is 24.2 Å². The van der Waals surface area contributed by atoms with Crippen molar-refractivity contribution in [2.24, 2.45) is 5.41 Å². The molecular formula is C18H22. The topological polar surface area (TPSA) is 0 Å². The van der Waals surface area contributed by atoms with E-state index in [1.807, 2.05) is 13.8 Å². The number of benzene rings is 1. The lowest BCUT2D eigenvalue weighted by Crippen LogP contribution is -2.10. The standard InChI is InChI=1S/C16H16.C2H6/c1-14-6-8-15(9-7-14)10-13-16(2)11-4-3-5-12-16;1-2/h3-9,11H,12H2,1-2H3;1-2H3. The minimum absolute atomic E-state index is 0.000361. The van der Waals surface area contributed by atoms with E-state index in [-0.39, 0.29) is 5.41 Å². The number of aryl methyl sites for hydroxylation is 1. The van der Waals surface area contributed by atoms with E-state index >= 15 is 0 Å². The van der Waals surface area contributed by atoms with Crippen LogP contribution >= 0.6 is 0 Å². The summed E-state index contributed by atoms with van der Waals surface area (Å²) in [4.78, 5) is 0. The second kappa shape index (κ2) is 6.87. The first-order valence-electron chi connectivity index (χ1n) is 6.62. The van der Waals surface area contributed by atoms with Crippen molar-refractivity contribution in [3.05, 3.63) is 59.7 Å². The highest BCUT2D eigenvalue weighted by Crippen LogP contribution is 2.25. The summed E-state index contributed by atoms with van der Waals surface area (Å²) in [6, 6.07) is 8.36. The van der Waals surface area contributed by atoms with Crippen LogP contribution in [0.25, 0.3) is 0 Å². The van der Waals surface area contributed by atoms with Crippen LogP contribution in [0.2, 0.25) is 0 Å². The van der Waals surface area contributed by atoms with Crippen molar-refractivity contribution in [3.63, 3.8) is 0 Å². The van der Waals surface area contributed by atoms with Crippen LogP contribution in [0.4, 0.5) is 0 Å². The zero-order valence-electron chi connectivity index (χ0n) is 11.8. The molecule has 18 heavy (non-hydrogen) atoms. The smallest absolute Gasteiger partial charge is 0.0506 e. The Morgan fingerprint density at radius 3 is 2.28 bits per heavy atom. The minimum atomic E-state index is -0.000361. The van der Waals surface area contributed by atoms with Crippen LogP contribution in [-0.2, 0) is 0 Å². The average Bonchev–Trinajstić information content (AvgIpc) is 2.41. The molecular weight excluding hydrogens is 216 g/mol. The van der Waals surface area contributed by atoms with E-state index in [9.17, 15) is 0 Å². The molecule has 1 unspecified atom stereocenters. The van der Waals surface area contributed by atoms with Gasteiger partial charge in [0.05, 0.1) is 5.41 Å². The molecule has 1 aromatic rings. The van der Waals surface area contributed by atoms with E-state index in [0.717, 1.165) is 12.0 Å². The summed E-state index contributed by atoms with van der Waals surface area (Å²) < 4.78 is 0. The van der Waals surface area contributed by atoms with Crippen molar-refractivity contribution in [2.45, 2.75) is 34.1 Å². The van der Waals surface area contributed by atoms with Gasteiger partial charge < -0.3 is 0 Å². The van der Waals surface area contributed by atoms with Gasteiger partial charge in [0.15, 0.2) is 0 Å². The fourth-order valence-electron chi connectivity index (χ4n) is 1.67. The lowest BCUT2D eigenvalue weighted by molar-refractivity contribution is 0.582. The highest BCUT2D eigenvalue weighted by molar-refractivity contribution is 5.39. The van der Waals surface area contributed by atoms with Crippen molar-refractivity contribution in [1.82, 2.24) is 0 Å². The molecule has 0 fully saturated rings.